The van der Waals surface area contributed by atoms with Crippen molar-refractivity contribution >= 4 is 5.91 Å². The number of carbonyl (C=O) groups is 1. The fraction of sp³-hybridized carbons (Fsp3) is 0.929. The van der Waals surface area contributed by atoms with Crippen LogP contribution in [0.15, 0.2) is 0 Å². The van der Waals surface area contributed by atoms with Gasteiger partial charge in [0.1, 0.15) is 0 Å². The molecule has 3 nitrogen and oxygen atoms in total. The van der Waals surface area contributed by atoms with Gasteiger partial charge in [0.25, 0.3) is 0 Å². The average molecular weight is 240 g/mol. The Balaban J connectivity index is 2.61. The second-order valence-electron chi connectivity index (χ2n) is 5.96. The molecule has 1 aliphatic carbocycles. The molecule has 1 rings (SSSR count). The third-order valence-electron chi connectivity index (χ3n) is 4.18. The van der Waals surface area contributed by atoms with Crippen molar-refractivity contribution in [3.05, 3.63) is 0 Å². The number of nitrogens with two attached hydrogens (primary N) is 1. The molecular weight excluding hydrogens is 212 g/mol. The van der Waals surface area contributed by atoms with Gasteiger partial charge in [-0.1, -0.05) is 33.6 Å². The highest BCUT2D eigenvalue weighted by atomic mass is 16.2. The fourth-order valence-corrected chi connectivity index (χ4v) is 2.85. The van der Waals surface area contributed by atoms with E-state index in [1.165, 1.54) is 12.8 Å². The molecule has 0 aromatic heterocycles. The SMILES string of the molecule is CC1CCCC(N(C)C(=O)C(CN)C(C)C)C1. The molecule has 0 bridgehead atoms. The molecule has 0 aliphatic heterocycles. The van der Waals surface area contributed by atoms with Gasteiger partial charge in [0.2, 0.25) is 5.91 Å². The van der Waals surface area contributed by atoms with Gasteiger partial charge in [-0.2, -0.15) is 0 Å². The van der Waals surface area contributed by atoms with Crippen molar-refractivity contribution in [2.45, 2.75) is 52.5 Å². The highest BCUT2D eigenvalue weighted by Crippen LogP contribution is 2.28. The smallest absolute Gasteiger partial charge is 0.227 e. The topological polar surface area (TPSA) is 46.3 Å². The first-order valence-electron chi connectivity index (χ1n) is 6.94. The van der Waals surface area contributed by atoms with Crippen LogP contribution in [0, 0.1) is 17.8 Å². The monoisotopic (exact) mass is 240 g/mol. The van der Waals surface area contributed by atoms with Crippen molar-refractivity contribution in [2.24, 2.45) is 23.5 Å². The maximum atomic E-state index is 12.4. The van der Waals surface area contributed by atoms with Crippen LogP contribution in [0.5, 0.6) is 0 Å². The van der Waals surface area contributed by atoms with Crippen LogP contribution in [0.1, 0.15) is 46.5 Å². The van der Waals surface area contributed by atoms with E-state index in [0.29, 0.717) is 18.5 Å². The van der Waals surface area contributed by atoms with Crippen LogP contribution in [0.2, 0.25) is 0 Å². The van der Waals surface area contributed by atoms with Crippen molar-refractivity contribution in [1.29, 1.82) is 0 Å². The fourth-order valence-electron chi connectivity index (χ4n) is 2.85. The first-order chi connectivity index (χ1) is 7.97. The average Bonchev–Trinajstić information content (AvgIpc) is 2.28. The highest BCUT2D eigenvalue weighted by Gasteiger charge is 2.30. The molecule has 3 atom stereocenters. The van der Waals surface area contributed by atoms with E-state index < -0.39 is 0 Å². The van der Waals surface area contributed by atoms with Gasteiger partial charge in [-0.05, 0) is 24.7 Å². The first kappa shape index (κ1) is 14.5. The van der Waals surface area contributed by atoms with Gasteiger partial charge in [0.05, 0.1) is 5.92 Å². The van der Waals surface area contributed by atoms with Crippen LogP contribution < -0.4 is 5.73 Å². The molecule has 0 saturated heterocycles. The molecule has 0 aromatic carbocycles. The van der Waals surface area contributed by atoms with E-state index in [-0.39, 0.29) is 11.8 Å². The standard InChI is InChI=1S/C14H28N2O/c1-10(2)13(9-15)14(17)16(4)12-7-5-6-11(3)8-12/h10-13H,5-9,15H2,1-4H3. The lowest BCUT2D eigenvalue weighted by Crippen LogP contribution is -2.45. The minimum Gasteiger partial charge on any atom is -0.342 e. The Kier molecular flexibility index (Phi) is 5.44. The van der Waals surface area contributed by atoms with Crippen molar-refractivity contribution in [2.75, 3.05) is 13.6 Å². The van der Waals surface area contributed by atoms with Gasteiger partial charge in [-0.25, -0.2) is 0 Å². The van der Waals surface area contributed by atoms with E-state index in [1.807, 2.05) is 11.9 Å². The van der Waals surface area contributed by atoms with Crippen LogP contribution in [0.25, 0.3) is 0 Å². The summed E-state index contributed by atoms with van der Waals surface area (Å²) < 4.78 is 0. The molecule has 1 amide bonds. The second kappa shape index (κ2) is 6.39. The molecule has 0 heterocycles. The predicted molar refractivity (Wildman–Crippen MR) is 71.6 cm³/mol. The third-order valence-corrected chi connectivity index (χ3v) is 4.18. The summed E-state index contributed by atoms with van der Waals surface area (Å²) in [7, 11) is 1.95. The van der Waals surface area contributed by atoms with Crippen molar-refractivity contribution in [3.63, 3.8) is 0 Å². The van der Waals surface area contributed by atoms with Crippen LogP contribution in [-0.4, -0.2) is 30.4 Å². The second-order valence-corrected chi connectivity index (χ2v) is 5.96. The zero-order chi connectivity index (χ0) is 13.0. The summed E-state index contributed by atoms with van der Waals surface area (Å²) in [6, 6.07) is 0.430. The molecule has 0 radical (unpaired) electrons. The van der Waals surface area contributed by atoms with E-state index in [4.69, 9.17) is 5.73 Å². The van der Waals surface area contributed by atoms with Crippen molar-refractivity contribution in [1.82, 2.24) is 4.90 Å². The van der Waals surface area contributed by atoms with Crippen LogP contribution >= 0.6 is 0 Å². The number of hydrogen-bond donors (Lipinski definition) is 1. The van der Waals surface area contributed by atoms with E-state index in [1.54, 1.807) is 0 Å². The number of carbonyl (C=O) groups excluding carboxylic acids is 1. The van der Waals surface area contributed by atoms with Crippen LogP contribution in [-0.2, 0) is 4.79 Å². The molecule has 0 aromatic rings. The summed E-state index contributed by atoms with van der Waals surface area (Å²) in [6.07, 6.45) is 4.86. The summed E-state index contributed by atoms with van der Waals surface area (Å²) in [5.74, 6) is 1.30. The van der Waals surface area contributed by atoms with E-state index in [0.717, 1.165) is 18.8 Å². The largest absolute Gasteiger partial charge is 0.342 e. The summed E-state index contributed by atoms with van der Waals surface area (Å²) >= 11 is 0. The molecule has 1 fully saturated rings. The Morgan fingerprint density at radius 1 is 1.41 bits per heavy atom. The van der Waals surface area contributed by atoms with E-state index in [9.17, 15) is 4.79 Å². The zero-order valence-electron chi connectivity index (χ0n) is 11.8. The zero-order valence-corrected chi connectivity index (χ0v) is 11.8. The number of rotatable bonds is 4. The number of nitrogens with zero attached hydrogens (tertiary/aromatic N) is 1. The molecule has 0 spiro atoms. The predicted octanol–water partition coefficient (Wildman–Crippen LogP) is 2.25. The molecule has 3 unspecified atom stereocenters. The number of hydrogen-bond acceptors (Lipinski definition) is 2. The Morgan fingerprint density at radius 3 is 2.53 bits per heavy atom. The molecule has 17 heavy (non-hydrogen) atoms. The summed E-state index contributed by atoms with van der Waals surface area (Å²) in [6.45, 7) is 6.90. The van der Waals surface area contributed by atoms with Gasteiger partial charge in [-0.15, -0.1) is 0 Å². The Bertz CT molecular complexity index is 253. The molecular formula is C14H28N2O. The van der Waals surface area contributed by atoms with E-state index in [2.05, 4.69) is 20.8 Å². The third kappa shape index (κ3) is 3.70. The van der Waals surface area contributed by atoms with E-state index >= 15 is 0 Å². The van der Waals surface area contributed by atoms with Gasteiger partial charge in [0.15, 0.2) is 0 Å². The molecule has 2 N–H and O–H groups in total. The van der Waals surface area contributed by atoms with Gasteiger partial charge < -0.3 is 10.6 Å². The van der Waals surface area contributed by atoms with Gasteiger partial charge >= 0.3 is 0 Å². The first-order valence-corrected chi connectivity index (χ1v) is 6.94. The highest BCUT2D eigenvalue weighted by molar-refractivity contribution is 5.79. The minimum atomic E-state index is -0.0165. The lowest BCUT2D eigenvalue weighted by atomic mass is 9.85. The Morgan fingerprint density at radius 2 is 2.06 bits per heavy atom. The lowest BCUT2D eigenvalue weighted by Gasteiger charge is -2.36. The normalized spacial score (nSPS) is 26.9. The maximum Gasteiger partial charge on any atom is 0.227 e. The molecule has 3 heteroatoms. The lowest BCUT2D eigenvalue weighted by molar-refractivity contribution is -0.138. The Labute approximate surface area is 106 Å². The van der Waals surface area contributed by atoms with Crippen LogP contribution in [0.3, 0.4) is 0 Å². The van der Waals surface area contributed by atoms with Crippen molar-refractivity contribution < 1.29 is 4.79 Å². The summed E-state index contributed by atoms with van der Waals surface area (Å²) in [5.41, 5.74) is 5.72. The van der Waals surface area contributed by atoms with Gasteiger partial charge in [-0.3, -0.25) is 4.79 Å². The summed E-state index contributed by atoms with van der Waals surface area (Å²) in [4.78, 5) is 14.3. The maximum absolute atomic E-state index is 12.4. The summed E-state index contributed by atoms with van der Waals surface area (Å²) in [5, 5.41) is 0. The molecule has 100 valence electrons. The number of amides is 1. The van der Waals surface area contributed by atoms with Gasteiger partial charge in [0, 0.05) is 19.6 Å². The Hall–Kier alpha value is -0.570. The quantitative estimate of drug-likeness (QED) is 0.819. The minimum absolute atomic E-state index is 0.0165. The molecule has 1 saturated carbocycles. The molecule has 1 aliphatic rings. The van der Waals surface area contributed by atoms with Crippen molar-refractivity contribution in [3.8, 4) is 0 Å². The van der Waals surface area contributed by atoms with Crippen LogP contribution in [0.4, 0.5) is 0 Å².